The molecule has 1 aromatic carbocycles. The molecule has 21 heavy (non-hydrogen) atoms. The molecule has 112 valence electrons. The summed E-state index contributed by atoms with van der Waals surface area (Å²) < 4.78 is 5.78. The number of tetrazole rings is 1. The van der Waals surface area contributed by atoms with Crippen molar-refractivity contribution in [2.75, 3.05) is 26.2 Å². The van der Waals surface area contributed by atoms with E-state index in [0.717, 1.165) is 30.9 Å². The maximum Gasteiger partial charge on any atom is 0.204 e. The van der Waals surface area contributed by atoms with E-state index in [1.807, 2.05) is 24.3 Å². The highest BCUT2D eigenvalue weighted by molar-refractivity contribution is 5.54. The quantitative estimate of drug-likeness (QED) is 0.824. The van der Waals surface area contributed by atoms with Gasteiger partial charge in [0.15, 0.2) is 0 Å². The number of nitrogens with one attached hydrogen (secondary N) is 1. The van der Waals surface area contributed by atoms with Gasteiger partial charge in [0.05, 0.1) is 6.61 Å². The lowest BCUT2D eigenvalue weighted by Gasteiger charge is -2.26. The minimum Gasteiger partial charge on any atom is -0.494 e. The van der Waals surface area contributed by atoms with E-state index in [9.17, 15) is 0 Å². The third kappa shape index (κ3) is 4.01. The molecule has 1 aliphatic heterocycles. The van der Waals surface area contributed by atoms with Gasteiger partial charge in [-0.15, -0.1) is 10.2 Å². The Morgan fingerprint density at radius 3 is 2.62 bits per heavy atom. The zero-order valence-corrected chi connectivity index (χ0v) is 12.2. The minimum atomic E-state index is 0.603. The van der Waals surface area contributed by atoms with Crippen molar-refractivity contribution < 1.29 is 4.74 Å². The van der Waals surface area contributed by atoms with Crippen LogP contribution in [0.15, 0.2) is 24.3 Å². The molecule has 1 aliphatic rings. The van der Waals surface area contributed by atoms with Crippen molar-refractivity contribution in [3.63, 3.8) is 0 Å². The van der Waals surface area contributed by atoms with Crippen LogP contribution in [0.3, 0.4) is 0 Å². The summed E-state index contributed by atoms with van der Waals surface area (Å²) in [5, 5.41) is 13.9. The van der Waals surface area contributed by atoms with Crippen molar-refractivity contribution in [2.45, 2.75) is 25.7 Å². The Labute approximate surface area is 124 Å². The third-order valence-corrected chi connectivity index (χ3v) is 3.79. The molecule has 1 fully saturated rings. The SMILES string of the molecule is c1cc(-c2nn[nH]n2)ccc1OCCCN1CCCCC1. The van der Waals surface area contributed by atoms with E-state index in [0.29, 0.717) is 5.82 Å². The van der Waals surface area contributed by atoms with Crippen LogP contribution < -0.4 is 4.74 Å². The van der Waals surface area contributed by atoms with Crippen LogP contribution in [0.4, 0.5) is 0 Å². The second kappa shape index (κ2) is 7.17. The highest BCUT2D eigenvalue weighted by Crippen LogP contribution is 2.18. The molecule has 0 saturated carbocycles. The Morgan fingerprint density at radius 1 is 1.10 bits per heavy atom. The van der Waals surface area contributed by atoms with Crippen molar-refractivity contribution in [1.29, 1.82) is 0 Å². The topological polar surface area (TPSA) is 66.9 Å². The van der Waals surface area contributed by atoms with Crippen molar-refractivity contribution in [1.82, 2.24) is 25.5 Å². The lowest BCUT2D eigenvalue weighted by atomic mass is 10.1. The zero-order chi connectivity index (χ0) is 14.3. The van der Waals surface area contributed by atoms with Gasteiger partial charge in [0, 0.05) is 12.1 Å². The number of H-pyrrole nitrogens is 1. The van der Waals surface area contributed by atoms with Crippen LogP contribution in [-0.4, -0.2) is 51.8 Å². The van der Waals surface area contributed by atoms with E-state index < -0.39 is 0 Å². The number of rotatable bonds is 6. The van der Waals surface area contributed by atoms with Gasteiger partial charge in [-0.1, -0.05) is 6.42 Å². The molecule has 0 atom stereocenters. The van der Waals surface area contributed by atoms with E-state index in [2.05, 4.69) is 25.5 Å². The summed E-state index contributed by atoms with van der Waals surface area (Å²) >= 11 is 0. The van der Waals surface area contributed by atoms with Crippen LogP contribution >= 0.6 is 0 Å². The Hall–Kier alpha value is -1.95. The molecule has 1 saturated heterocycles. The largest absolute Gasteiger partial charge is 0.494 e. The summed E-state index contributed by atoms with van der Waals surface area (Å²) in [6, 6.07) is 7.80. The van der Waals surface area contributed by atoms with Crippen LogP contribution in [0.25, 0.3) is 11.4 Å². The van der Waals surface area contributed by atoms with E-state index in [4.69, 9.17) is 4.74 Å². The van der Waals surface area contributed by atoms with E-state index in [-0.39, 0.29) is 0 Å². The second-order valence-electron chi connectivity index (χ2n) is 5.36. The summed E-state index contributed by atoms with van der Waals surface area (Å²) in [5.74, 6) is 1.49. The molecule has 2 aromatic rings. The van der Waals surface area contributed by atoms with Crippen LogP contribution in [-0.2, 0) is 0 Å². The highest BCUT2D eigenvalue weighted by atomic mass is 16.5. The molecule has 6 heteroatoms. The summed E-state index contributed by atoms with van der Waals surface area (Å²) in [7, 11) is 0. The first kappa shape index (κ1) is 14.0. The molecule has 6 nitrogen and oxygen atoms in total. The first-order valence-electron chi connectivity index (χ1n) is 7.61. The van der Waals surface area contributed by atoms with Crippen LogP contribution in [0.1, 0.15) is 25.7 Å². The normalized spacial score (nSPS) is 16.0. The van der Waals surface area contributed by atoms with E-state index in [1.54, 1.807) is 0 Å². The number of nitrogens with zero attached hydrogens (tertiary/aromatic N) is 4. The Kier molecular flexibility index (Phi) is 4.78. The van der Waals surface area contributed by atoms with Crippen molar-refractivity contribution in [3.05, 3.63) is 24.3 Å². The Balaban J connectivity index is 1.41. The number of hydrogen-bond donors (Lipinski definition) is 1. The maximum absolute atomic E-state index is 5.78. The predicted molar refractivity (Wildman–Crippen MR) is 80.0 cm³/mol. The van der Waals surface area contributed by atoms with Gasteiger partial charge in [-0.25, -0.2) is 0 Å². The van der Waals surface area contributed by atoms with Crippen molar-refractivity contribution >= 4 is 0 Å². The third-order valence-electron chi connectivity index (χ3n) is 3.79. The number of ether oxygens (including phenoxy) is 1. The van der Waals surface area contributed by atoms with Crippen LogP contribution in [0.5, 0.6) is 5.75 Å². The molecule has 0 unspecified atom stereocenters. The molecule has 1 N–H and O–H groups in total. The molecular formula is C15H21N5O. The summed E-state index contributed by atoms with van der Waals surface area (Å²) in [4.78, 5) is 2.53. The lowest BCUT2D eigenvalue weighted by Crippen LogP contribution is -2.31. The van der Waals surface area contributed by atoms with Gasteiger partial charge in [-0.05, 0) is 61.8 Å². The fourth-order valence-electron chi connectivity index (χ4n) is 2.65. The predicted octanol–water partition coefficient (Wildman–Crippen LogP) is 2.12. The van der Waals surface area contributed by atoms with Gasteiger partial charge in [0.25, 0.3) is 0 Å². The van der Waals surface area contributed by atoms with Crippen LogP contribution in [0, 0.1) is 0 Å². The first-order valence-corrected chi connectivity index (χ1v) is 7.61. The van der Waals surface area contributed by atoms with Crippen molar-refractivity contribution in [3.8, 4) is 17.1 Å². The summed E-state index contributed by atoms with van der Waals surface area (Å²) in [6.45, 7) is 4.40. The van der Waals surface area contributed by atoms with Crippen LogP contribution in [0.2, 0.25) is 0 Å². The molecule has 0 aliphatic carbocycles. The van der Waals surface area contributed by atoms with Gasteiger partial charge < -0.3 is 9.64 Å². The van der Waals surface area contributed by atoms with E-state index >= 15 is 0 Å². The molecule has 1 aromatic heterocycles. The van der Waals surface area contributed by atoms with Crippen molar-refractivity contribution in [2.24, 2.45) is 0 Å². The van der Waals surface area contributed by atoms with Gasteiger partial charge in [-0.3, -0.25) is 0 Å². The number of likely N-dealkylation sites (tertiary alicyclic amines) is 1. The van der Waals surface area contributed by atoms with Gasteiger partial charge in [-0.2, -0.15) is 5.21 Å². The molecule has 3 rings (SSSR count). The standard InChI is InChI=1S/C15H21N5O/c1-2-9-20(10-3-1)11-4-12-21-14-7-5-13(6-8-14)15-16-18-19-17-15/h5-8H,1-4,9-12H2,(H,16,17,18,19). The fraction of sp³-hybridized carbons (Fsp3) is 0.533. The number of benzene rings is 1. The number of aromatic amines is 1. The fourth-order valence-corrected chi connectivity index (χ4v) is 2.65. The first-order chi connectivity index (χ1) is 10.4. The summed E-state index contributed by atoms with van der Waals surface area (Å²) in [5.41, 5.74) is 0.935. The maximum atomic E-state index is 5.78. The second-order valence-corrected chi connectivity index (χ2v) is 5.36. The smallest absolute Gasteiger partial charge is 0.204 e. The van der Waals surface area contributed by atoms with Gasteiger partial charge >= 0.3 is 0 Å². The average molecular weight is 287 g/mol. The highest BCUT2D eigenvalue weighted by Gasteiger charge is 2.09. The molecule has 0 spiro atoms. The monoisotopic (exact) mass is 287 g/mol. The Morgan fingerprint density at radius 2 is 1.90 bits per heavy atom. The Bertz CT molecular complexity index is 520. The van der Waals surface area contributed by atoms with E-state index in [1.165, 1.54) is 32.4 Å². The average Bonchev–Trinajstić information content (AvgIpc) is 3.08. The lowest BCUT2D eigenvalue weighted by molar-refractivity contribution is 0.205. The summed E-state index contributed by atoms with van der Waals surface area (Å²) in [6.07, 6.45) is 5.16. The number of hydrogen-bond acceptors (Lipinski definition) is 5. The number of aromatic nitrogens is 4. The molecule has 0 bridgehead atoms. The minimum absolute atomic E-state index is 0.603. The molecular weight excluding hydrogens is 266 g/mol. The molecule has 0 amide bonds. The van der Waals surface area contributed by atoms with Gasteiger partial charge in [0.2, 0.25) is 5.82 Å². The molecule has 0 radical (unpaired) electrons. The van der Waals surface area contributed by atoms with Gasteiger partial charge in [0.1, 0.15) is 5.75 Å². The zero-order valence-electron chi connectivity index (χ0n) is 12.2. The number of piperidine rings is 1. The molecule has 2 heterocycles.